The quantitative estimate of drug-likeness (QED) is 0.179. The van der Waals surface area contributed by atoms with Gasteiger partial charge < -0.3 is 16.6 Å². The van der Waals surface area contributed by atoms with Crippen molar-refractivity contribution in [1.82, 2.24) is 0 Å². The van der Waals surface area contributed by atoms with Crippen molar-refractivity contribution in [1.29, 1.82) is 0 Å². The SMILES string of the molecule is CCCCCCCCCCCCCC(CCl)C(C)=O.NCCCC[C@H](N)C(=O)O. The number of halogens is 1. The molecule has 0 saturated carbocycles. The third kappa shape index (κ3) is 23.5. The van der Waals surface area contributed by atoms with Crippen molar-refractivity contribution >= 4 is 23.4 Å². The minimum absolute atomic E-state index is 0.0974. The van der Waals surface area contributed by atoms with E-state index in [1.807, 2.05) is 0 Å². The Morgan fingerprint density at radius 2 is 1.28 bits per heavy atom. The molecule has 0 saturated heterocycles. The molecule has 0 fully saturated rings. The zero-order valence-corrected chi connectivity index (χ0v) is 19.7. The van der Waals surface area contributed by atoms with Crippen LogP contribution in [0, 0.1) is 5.92 Å². The molecule has 0 bridgehead atoms. The fraction of sp³-hybridized carbons (Fsp3) is 0.913. The summed E-state index contributed by atoms with van der Waals surface area (Å²) in [4.78, 5) is 21.3. The average Bonchev–Trinajstić information content (AvgIpc) is 2.69. The van der Waals surface area contributed by atoms with Gasteiger partial charge in [-0.2, -0.15) is 0 Å². The Kier molecular flexibility index (Phi) is 24.9. The Bertz CT molecular complexity index is 381. The summed E-state index contributed by atoms with van der Waals surface area (Å²) in [5.74, 6) is -0.0908. The van der Waals surface area contributed by atoms with Gasteiger partial charge in [-0.05, 0) is 32.7 Å². The number of carbonyl (C=O) groups excluding carboxylic acids is 1. The lowest BCUT2D eigenvalue weighted by Gasteiger charge is -2.09. The lowest BCUT2D eigenvalue weighted by molar-refractivity contribution is -0.138. The van der Waals surface area contributed by atoms with Gasteiger partial charge in [-0.15, -0.1) is 11.6 Å². The summed E-state index contributed by atoms with van der Waals surface area (Å²) < 4.78 is 0. The number of rotatable bonds is 19. The molecule has 0 aliphatic carbocycles. The van der Waals surface area contributed by atoms with Gasteiger partial charge in [-0.25, -0.2) is 0 Å². The van der Waals surface area contributed by atoms with E-state index in [1.54, 1.807) is 6.92 Å². The summed E-state index contributed by atoms with van der Waals surface area (Å²) in [6.45, 7) is 4.53. The molecule has 0 heterocycles. The molecular formula is C23H47ClN2O3. The van der Waals surface area contributed by atoms with Crippen molar-refractivity contribution in [3.8, 4) is 0 Å². The number of hydrogen-bond acceptors (Lipinski definition) is 4. The molecule has 0 aromatic heterocycles. The Balaban J connectivity index is 0. The van der Waals surface area contributed by atoms with Gasteiger partial charge >= 0.3 is 5.97 Å². The van der Waals surface area contributed by atoms with Crippen molar-refractivity contribution in [2.75, 3.05) is 12.4 Å². The number of carboxylic acid groups (broad SMARTS) is 1. The van der Waals surface area contributed by atoms with Crippen molar-refractivity contribution in [2.24, 2.45) is 17.4 Å². The van der Waals surface area contributed by atoms with Crippen LogP contribution in [0.25, 0.3) is 0 Å². The lowest BCUT2D eigenvalue weighted by Crippen LogP contribution is -2.29. The number of alkyl halides is 1. The number of ketones is 1. The second-order valence-electron chi connectivity index (χ2n) is 8.02. The minimum atomic E-state index is -0.933. The highest BCUT2D eigenvalue weighted by atomic mass is 35.5. The molecule has 0 radical (unpaired) electrons. The normalized spacial score (nSPS) is 12.7. The summed E-state index contributed by atoms with van der Waals surface area (Å²) >= 11 is 5.78. The zero-order valence-electron chi connectivity index (χ0n) is 19.0. The average molecular weight is 435 g/mol. The number of nitrogens with two attached hydrogens (primary N) is 2. The molecule has 0 rings (SSSR count). The maximum Gasteiger partial charge on any atom is 0.320 e. The molecule has 1 unspecified atom stereocenters. The van der Waals surface area contributed by atoms with E-state index in [1.165, 1.54) is 64.2 Å². The number of hydrogen-bond donors (Lipinski definition) is 3. The molecular weight excluding hydrogens is 388 g/mol. The van der Waals surface area contributed by atoms with Crippen LogP contribution in [-0.4, -0.2) is 35.3 Å². The predicted octanol–water partition coefficient (Wildman–Crippen LogP) is 5.66. The fourth-order valence-corrected chi connectivity index (χ4v) is 3.45. The molecule has 0 aromatic rings. The number of unbranched alkanes of at least 4 members (excludes halogenated alkanes) is 11. The van der Waals surface area contributed by atoms with Gasteiger partial charge in [0, 0.05) is 11.8 Å². The maximum absolute atomic E-state index is 11.2. The van der Waals surface area contributed by atoms with E-state index < -0.39 is 12.0 Å². The molecule has 0 aliphatic heterocycles. The molecule has 5 nitrogen and oxygen atoms in total. The van der Waals surface area contributed by atoms with E-state index in [2.05, 4.69) is 6.92 Å². The molecule has 0 aliphatic rings. The summed E-state index contributed by atoms with van der Waals surface area (Å²) in [5.41, 5.74) is 10.4. The van der Waals surface area contributed by atoms with Gasteiger partial charge in [-0.3, -0.25) is 9.59 Å². The molecule has 174 valence electrons. The Labute approximate surface area is 184 Å². The van der Waals surface area contributed by atoms with E-state index in [0.717, 1.165) is 25.7 Å². The molecule has 29 heavy (non-hydrogen) atoms. The second-order valence-corrected chi connectivity index (χ2v) is 8.32. The van der Waals surface area contributed by atoms with E-state index >= 15 is 0 Å². The number of carbonyl (C=O) groups is 2. The number of carboxylic acids is 1. The highest BCUT2D eigenvalue weighted by Gasteiger charge is 2.11. The van der Waals surface area contributed by atoms with Crippen LogP contribution >= 0.6 is 11.6 Å². The third-order valence-electron chi connectivity index (χ3n) is 5.20. The van der Waals surface area contributed by atoms with Crippen LogP contribution in [0.2, 0.25) is 0 Å². The molecule has 0 aromatic carbocycles. The summed E-state index contributed by atoms with van der Waals surface area (Å²) in [6, 6.07) is -0.716. The van der Waals surface area contributed by atoms with Gasteiger partial charge in [0.25, 0.3) is 0 Å². The third-order valence-corrected chi connectivity index (χ3v) is 5.58. The van der Waals surface area contributed by atoms with Crippen molar-refractivity contribution in [3.05, 3.63) is 0 Å². The first-order valence-electron chi connectivity index (χ1n) is 11.6. The predicted molar refractivity (Wildman–Crippen MR) is 124 cm³/mol. The van der Waals surface area contributed by atoms with Crippen molar-refractivity contribution < 1.29 is 14.7 Å². The summed E-state index contributed by atoms with van der Waals surface area (Å²) in [7, 11) is 0. The first-order chi connectivity index (χ1) is 13.9. The van der Waals surface area contributed by atoms with Crippen LogP contribution in [0.3, 0.4) is 0 Å². The summed E-state index contributed by atoms with van der Waals surface area (Å²) in [5, 5.41) is 8.33. The second kappa shape index (κ2) is 23.6. The molecule has 0 amide bonds. The van der Waals surface area contributed by atoms with Gasteiger partial charge in [0.15, 0.2) is 0 Å². The topological polar surface area (TPSA) is 106 Å². The lowest BCUT2D eigenvalue weighted by atomic mass is 9.98. The Morgan fingerprint density at radius 3 is 1.66 bits per heavy atom. The van der Waals surface area contributed by atoms with Gasteiger partial charge in [-0.1, -0.05) is 84.0 Å². The Morgan fingerprint density at radius 1 is 0.828 bits per heavy atom. The smallest absolute Gasteiger partial charge is 0.320 e. The zero-order chi connectivity index (χ0) is 22.3. The maximum atomic E-state index is 11.2. The summed E-state index contributed by atoms with van der Waals surface area (Å²) in [6.07, 6.45) is 18.0. The van der Waals surface area contributed by atoms with Crippen LogP contribution in [0.5, 0.6) is 0 Å². The Hall–Kier alpha value is -0.650. The van der Waals surface area contributed by atoms with Gasteiger partial charge in [0.05, 0.1) is 0 Å². The van der Waals surface area contributed by atoms with Gasteiger partial charge in [0.2, 0.25) is 0 Å². The van der Waals surface area contributed by atoms with E-state index in [0.29, 0.717) is 18.8 Å². The van der Waals surface area contributed by atoms with Crippen molar-refractivity contribution in [2.45, 2.75) is 116 Å². The van der Waals surface area contributed by atoms with Crippen LogP contribution in [0.4, 0.5) is 0 Å². The first-order valence-corrected chi connectivity index (χ1v) is 12.2. The van der Waals surface area contributed by atoms with Crippen LogP contribution < -0.4 is 11.5 Å². The van der Waals surface area contributed by atoms with Crippen molar-refractivity contribution in [3.63, 3.8) is 0 Å². The first kappa shape index (κ1) is 30.5. The number of Topliss-reactive ketones (excluding diaryl/α,β-unsaturated/α-hetero) is 1. The molecule has 5 N–H and O–H groups in total. The van der Waals surface area contributed by atoms with Gasteiger partial charge in [0.1, 0.15) is 11.8 Å². The monoisotopic (exact) mass is 434 g/mol. The molecule has 2 atom stereocenters. The van der Waals surface area contributed by atoms with Crippen LogP contribution in [0.15, 0.2) is 0 Å². The number of aliphatic carboxylic acids is 1. The van der Waals surface area contributed by atoms with E-state index in [9.17, 15) is 9.59 Å². The van der Waals surface area contributed by atoms with E-state index in [4.69, 9.17) is 28.2 Å². The molecule has 0 spiro atoms. The highest BCUT2D eigenvalue weighted by Crippen LogP contribution is 2.15. The van der Waals surface area contributed by atoms with Crippen LogP contribution in [0.1, 0.15) is 110 Å². The largest absolute Gasteiger partial charge is 0.480 e. The minimum Gasteiger partial charge on any atom is -0.480 e. The highest BCUT2D eigenvalue weighted by molar-refractivity contribution is 6.19. The van der Waals surface area contributed by atoms with Crippen LogP contribution in [-0.2, 0) is 9.59 Å². The molecule has 6 heteroatoms. The fourth-order valence-electron chi connectivity index (χ4n) is 3.08. The standard InChI is InChI=1S/C17H33ClO.C6H14N2O2/c1-3-4-5-6-7-8-9-10-11-12-13-14-17(15-18)16(2)19;7-4-2-1-3-5(8)6(9)10/h17H,3-15H2,1-2H3;5H,1-4,7-8H2,(H,9,10)/t;5-/m.0/s1. The van der Waals surface area contributed by atoms with E-state index in [-0.39, 0.29) is 11.7 Å².